The third-order valence-electron chi connectivity index (χ3n) is 20.2. The van der Waals surface area contributed by atoms with Crippen LogP contribution in [-0.4, -0.2) is 396 Å². The van der Waals surface area contributed by atoms with Crippen LogP contribution >= 0.6 is 0 Å². The number of hydrogen-bond acceptors (Lipinski definition) is 17. The van der Waals surface area contributed by atoms with Crippen molar-refractivity contribution in [3.63, 3.8) is 0 Å². The van der Waals surface area contributed by atoms with Crippen LogP contribution in [0.2, 0.25) is 0 Å². The van der Waals surface area contributed by atoms with Crippen molar-refractivity contribution in [2.75, 3.05) is 279 Å². The van der Waals surface area contributed by atoms with Gasteiger partial charge >= 0.3 is 0 Å². The predicted molar refractivity (Wildman–Crippen MR) is 330 cm³/mol. The summed E-state index contributed by atoms with van der Waals surface area (Å²) in [5.74, 6) is 0. The first-order chi connectivity index (χ1) is 41.3. The Hall–Kier alpha value is -0.920. The first-order valence-corrected chi connectivity index (χ1v) is 34.0. The molecule has 87 heavy (non-hydrogen) atoms. The average Bonchev–Trinajstić information content (AvgIpc) is 3.75. The Labute approximate surface area is 524 Å². The van der Waals surface area contributed by atoms with Gasteiger partial charge in [-0.2, -0.15) is 0 Å². The minimum atomic E-state index is -1.08. The maximum Gasteiger partial charge on any atom is 0.126 e. The Morgan fingerprint density at radius 2 is 0.345 bits per heavy atom. The van der Waals surface area contributed by atoms with Crippen molar-refractivity contribution < 1.29 is 110 Å². The zero-order valence-corrected chi connectivity index (χ0v) is 55.5. The van der Waals surface area contributed by atoms with Crippen LogP contribution in [0.4, 0.5) is 0 Å². The molecule has 6 aliphatic heterocycles. The van der Waals surface area contributed by atoms with Crippen molar-refractivity contribution in [3.8, 4) is 0 Å². The van der Waals surface area contributed by atoms with Crippen LogP contribution in [0.1, 0.15) is 77.0 Å². The summed E-state index contributed by atoms with van der Waals surface area (Å²) in [7, 11) is 13.0. The first-order valence-electron chi connectivity index (χ1n) is 34.0. The summed E-state index contributed by atoms with van der Waals surface area (Å²) >= 11 is 0. The molecule has 6 rings (SSSR count). The van der Waals surface area contributed by atoms with Gasteiger partial charge in [0.15, 0.2) is 0 Å². The molecule has 0 radical (unpaired) electrons. The van der Waals surface area contributed by atoms with E-state index in [0.29, 0.717) is 39.3 Å². The highest BCUT2D eigenvalue weighted by Gasteiger charge is 2.40. The molecule has 0 aliphatic carbocycles. The van der Waals surface area contributed by atoms with Gasteiger partial charge in [-0.05, 0) is 0 Å². The van der Waals surface area contributed by atoms with Gasteiger partial charge in [-0.25, -0.2) is 0 Å². The van der Waals surface area contributed by atoms with Gasteiger partial charge in [0.1, 0.15) is 88.1 Å². The molecule has 0 aromatic heterocycles. The van der Waals surface area contributed by atoms with E-state index in [1.165, 1.54) is 0 Å². The SMILES string of the molecule is C[N+]1(CC(O)COCC(COCC(O)COCC(O)COCC(COCC(O)C[N+]2(C)CCCC2)(COCC(O)C[N+]2(C)CCCC2)COCC(O)C[N+]2(C)CCCC2)(COCC(O)C[N+]2(C)CCCC2)COCC(O)C[N+]2(C)CCCC2)CCCC1. The van der Waals surface area contributed by atoms with Gasteiger partial charge in [0.05, 0.1) is 251 Å². The highest BCUT2D eigenvalue weighted by atomic mass is 16.6. The van der Waals surface area contributed by atoms with Crippen molar-refractivity contribution in [2.45, 2.75) is 126 Å². The van der Waals surface area contributed by atoms with Crippen LogP contribution in [0, 0.1) is 10.8 Å². The Balaban J connectivity index is 1.05. The molecule has 8 atom stereocenters. The number of hydrogen-bond donors (Lipinski definition) is 8. The van der Waals surface area contributed by atoms with E-state index in [1.807, 2.05) is 0 Å². The molecule has 8 N–H and O–H groups in total. The van der Waals surface area contributed by atoms with Crippen LogP contribution in [0.5, 0.6) is 0 Å². The normalized spacial score (nSPS) is 25.4. The summed E-state index contributed by atoms with van der Waals surface area (Å²) in [6, 6.07) is 0. The van der Waals surface area contributed by atoms with E-state index in [-0.39, 0.29) is 119 Å². The lowest BCUT2D eigenvalue weighted by Crippen LogP contribution is -2.49. The van der Waals surface area contributed by atoms with Crippen molar-refractivity contribution >= 4 is 0 Å². The number of rotatable bonds is 48. The zero-order chi connectivity index (χ0) is 62.9. The Morgan fingerprint density at radius 3 is 0.494 bits per heavy atom. The summed E-state index contributed by atoms with van der Waals surface area (Å²) in [5.41, 5.74) is -1.89. The summed E-state index contributed by atoms with van der Waals surface area (Å²) in [6.07, 6.45) is 7.30. The predicted octanol–water partition coefficient (Wildman–Crippen LogP) is -0.562. The summed E-state index contributed by atoms with van der Waals surface area (Å²) in [4.78, 5) is 0. The second-order valence-electron chi connectivity index (χ2n) is 30.6. The molecule has 0 saturated carbocycles. The molecule has 0 spiro atoms. The molecule has 0 bridgehead atoms. The molecular formula is C64H130N6O17+6. The quantitative estimate of drug-likeness (QED) is 0.0356. The molecule has 0 aromatic rings. The molecule has 0 amide bonds. The van der Waals surface area contributed by atoms with Gasteiger partial charge in [-0.1, -0.05) is 0 Å². The second kappa shape index (κ2) is 36.7. The number of likely N-dealkylation sites (N-methyl/N-ethyl adjacent to an activating group) is 6. The smallest absolute Gasteiger partial charge is 0.126 e. The summed E-state index contributed by atoms with van der Waals surface area (Å²) in [6.45, 7) is 16.3. The molecule has 6 aliphatic rings. The molecule has 0 aromatic carbocycles. The van der Waals surface area contributed by atoms with Crippen LogP contribution < -0.4 is 0 Å². The third-order valence-corrected chi connectivity index (χ3v) is 20.2. The lowest BCUT2D eigenvalue weighted by molar-refractivity contribution is -0.900. The van der Waals surface area contributed by atoms with Gasteiger partial charge in [0.2, 0.25) is 0 Å². The van der Waals surface area contributed by atoms with Gasteiger partial charge in [-0.3, -0.25) is 0 Å². The van der Waals surface area contributed by atoms with E-state index in [0.717, 1.165) is 182 Å². The average molecular weight is 1260 g/mol. The molecule has 8 unspecified atom stereocenters. The molecule has 23 heteroatoms. The van der Waals surface area contributed by atoms with Crippen LogP contribution in [0.15, 0.2) is 0 Å². The molecule has 23 nitrogen and oxygen atoms in total. The minimum Gasteiger partial charge on any atom is -0.388 e. The van der Waals surface area contributed by atoms with Crippen molar-refractivity contribution in [1.82, 2.24) is 0 Å². The molecule has 6 fully saturated rings. The van der Waals surface area contributed by atoms with Gasteiger partial charge in [0, 0.05) is 77.0 Å². The lowest BCUT2D eigenvalue weighted by Gasteiger charge is -2.36. The Kier molecular flexibility index (Phi) is 31.7. The highest BCUT2D eigenvalue weighted by molar-refractivity contribution is 4.83. The number of ether oxygens (including phenoxy) is 9. The van der Waals surface area contributed by atoms with E-state index in [9.17, 15) is 40.9 Å². The Morgan fingerprint density at radius 1 is 0.218 bits per heavy atom. The Bertz CT molecular complexity index is 1540. The van der Waals surface area contributed by atoms with Crippen LogP contribution in [0.25, 0.3) is 0 Å². The number of quaternary nitrogens is 6. The van der Waals surface area contributed by atoms with E-state index in [4.69, 9.17) is 42.6 Å². The van der Waals surface area contributed by atoms with E-state index in [2.05, 4.69) is 42.3 Å². The monoisotopic (exact) mass is 1250 g/mol. The number of likely N-dealkylation sites (tertiary alicyclic amines) is 6. The fourth-order valence-electron chi connectivity index (χ4n) is 15.3. The minimum absolute atomic E-state index is 0.0315. The summed E-state index contributed by atoms with van der Waals surface area (Å²) < 4.78 is 61.2. The van der Waals surface area contributed by atoms with Gasteiger partial charge < -0.3 is 110 Å². The molecule has 512 valence electrons. The van der Waals surface area contributed by atoms with E-state index >= 15 is 0 Å². The number of aliphatic hydroxyl groups excluding tert-OH is 8. The molecular weight excluding hydrogens is 1120 g/mol. The van der Waals surface area contributed by atoms with Crippen molar-refractivity contribution in [1.29, 1.82) is 0 Å². The topological polar surface area (TPSA) is 245 Å². The molecule has 6 saturated heterocycles. The lowest BCUT2D eigenvalue weighted by atomic mass is 9.92. The molecule has 6 heterocycles. The maximum atomic E-state index is 11.3. The number of nitrogens with zero attached hydrogens (tertiary/aromatic N) is 6. The standard InChI is InChI=1S/C64H130N6O17/c1-65(19-7-8-20-65)31-55(71)37-80-47-63(48-81-38-56(72)32-66(2)21-9-10-22-66,49-82-39-57(73)33-67(3)23-11-12-24-67)53-86-45-61(77)43-79-44-62(78)46-87-54-64(50-83-40-58(74)34-68(4)25-13-14-26-68,51-84-41-59(75)35-69(5)27-15-16-28-69)52-85-42-60(76)36-70(6)29-17-18-30-70/h55-62,71-78H,7-54H2,1-6H3/q+6. The highest BCUT2D eigenvalue weighted by Crippen LogP contribution is 2.27. The van der Waals surface area contributed by atoms with Crippen molar-refractivity contribution in [3.05, 3.63) is 0 Å². The zero-order valence-electron chi connectivity index (χ0n) is 55.5. The second-order valence-corrected chi connectivity index (χ2v) is 30.6. The van der Waals surface area contributed by atoms with Crippen molar-refractivity contribution in [2.24, 2.45) is 10.8 Å². The third kappa shape index (κ3) is 27.9. The van der Waals surface area contributed by atoms with Crippen LogP contribution in [-0.2, 0) is 42.6 Å². The largest absolute Gasteiger partial charge is 0.388 e. The maximum absolute atomic E-state index is 11.3. The summed E-state index contributed by atoms with van der Waals surface area (Å²) in [5, 5.41) is 89.7. The van der Waals surface area contributed by atoms with Gasteiger partial charge in [0.25, 0.3) is 0 Å². The fourth-order valence-corrected chi connectivity index (χ4v) is 15.3. The van der Waals surface area contributed by atoms with E-state index in [1.54, 1.807) is 0 Å². The number of aliphatic hydroxyl groups is 8. The first kappa shape index (κ1) is 75.1. The fraction of sp³-hybridized carbons (Fsp3) is 1.00. The van der Waals surface area contributed by atoms with Crippen LogP contribution in [0.3, 0.4) is 0 Å². The van der Waals surface area contributed by atoms with Gasteiger partial charge in [-0.15, -0.1) is 0 Å². The van der Waals surface area contributed by atoms with E-state index < -0.39 is 59.7 Å².